The van der Waals surface area contributed by atoms with Gasteiger partial charge in [-0.15, -0.1) is 12.4 Å². The van der Waals surface area contributed by atoms with Gasteiger partial charge in [0.25, 0.3) is 0 Å². The van der Waals surface area contributed by atoms with Crippen molar-refractivity contribution < 1.29 is 4.79 Å². The first-order valence-electron chi connectivity index (χ1n) is 6.06. The van der Waals surface area contributed by atoms with Crippen LogP contribution in [0.2, 0.25) is 0 Å². The molecule has 0 saturated heterocycles. The number of carbonyl (C=O) groups is 1. The van der Waals surface area contributed by atoms with E-state index in [2.05, 4.69) is 17.2 Å². The van der Waals surface area contributed by atoms with E-state index >= 15 is 0 Å². The number of amides is 2. The number of primary amides is 1. The van der Waals surface area contributed by atoms with Gasteiger partial charge in [-0.05, 0) is 18.1 Å². The Balaban J connectivity index is 0.00000324. The van der Waals surface area contributed by atoms with E-state index in [4.69, 9.17) is 5.73 Å². The third-order valence-corrected chi connectivity index (χ3v) is 2.28. The third-order valence-electron chi connectivity index (χ3n) is 2.28. The number of rotatable bonds is 5. The van der Waals surface area contributed by atoms with E-state index < -0.39 is 6.03 Å². The van der Waals surface area contributed by atoms with Gasteiger partial charge in [0.2, 0.25) is 0 Å². The number of amidine groups is 1. The fourth-order valence-corrected chi connectivity index (χ4v) is 1.36. The largest absolute Gasteiger partial charge is 0.351 e. The lowest BCUT2D eigenvalue weighted by Gasteiger charge is -2.02. The first-order chi connectivity index (χ1) is 8.72. The lowest BCUT2D eigenvalue weighted by molar-refractivity contribution is 0.253. The molecule has 0 fully saturated rings. The molecule has 0 unspecified atom stereocenters. The summed E-state index contributed by atoms with van der Waals surface area (Å²) < 4.78 is 0. The molecule has 2 amide bonds. The van der Waals surface area contributed by atoms with Gasteiger partial charge in [-0.3, -0.25) is 10.3 Å². The lowest BCUT2D eigenvalue weighted by atomic mass is 10.2. The second-order valence-electron chi connectivity index (χ2n) is 3.85. The Bertz CT molecular complexity index is 430. The van der Waals surface area contributed by atoms with Crippen LogP contribution < -0.4 is 11.1 Å². The maximum atomic E-state index is 10.9. The van der Waals surface area contributed by atoms with Gasteiger partial charge in [0.1, 0.15) is 5.84 Å². The van der Waals surface area contributed by atoms with Crippen LogP contribution in [0.1, 0.15) is 25.3 Å². The molecular weight excluding hydrogens is 262 g/mol. The number of urea groups is 1. The number of unbranched alkanes of at least 4 members (excludes halogenated alkanes) is 1. The predicted molar refractivity (Wildman–Crippen MR) is 82.7 cm³/mol. The maximum Gasteiger partial charge on any atom is 0.317 e. The van der Waals surface area contributed by atoms with Crippen LogP contribution in [0.5, 0.6) is 0 Å². The average molecular weight is 282 g/mol. The average Bonchev–Trinajstić information content (AvgIpc) is 2.37. The van der Waals surface area contributed by atoms with Crippen molar-refractivity contribution in [2.75, 3.05) is 6.54 Å². The Morgan fingerprint density at radius 2 is 2.05 bits per heavy atom. The molecule has 19 heavy (non-hydrogen) atoms. The fraction of sp³-hybridized carbons (Fsp3) is 0.286. The Labute approximate surface area is 120 Å². The minimum Gasteiger partial charge on any atom is -0.351 e. The highest BCUT2D eigenvalue weighted by Crippen LogP contribution is 2.01. The van der Waals surface area contributed by atoms with Gasteiger partial charge in [0.15, 0.2) is 0 Å². The van der Waals surface area contributed by atoms with E-state index in [1.807, 2.05) is 36.4 Å². The second-order valence-corrected chi connectivity index (χ2v) is 3.85. The molecule has 0 saturated carbocycles. The van der Waals surface area contributed by atoms with Crippen molar-refractivity contribution >= 4 is 30.3 Å². The van der Waals surface area contributed by atoms with Crippen molar-refractivity contribution in [1.82, 2.24) is 5.32 Å². The van der Waals surface area contributed by atoms with Gasteiger partial charge in [0, 0.05) is 6.54 Å². The van der Waals surface area contributed by atoms with Gasteiger partial charge in [-0.2, -0.15) is 0 Å². The van der Waals surface area contributed by atoms with Crippen molar-refractivity contribution in [3.63, 3.8) is 0 Å². The SMILES string of the molecule is CCCCN=C(/C=C/c1ccccc1)NC(N)=O.Cl. The van der Waals surface area contributed by atoms with Crippen LogP contribution in [0, 0.1) is 0 Å². The first-order valence-corrected chi connectivity index (χ1v) is 6.06. The summed E-state index contributed by atoms with van der Waals surface area (Å²) in [6.07, 6.45) is 5.70. The van der Waals surface area contributed by atoms with Crippen molar-refractivity contribution in [3.05, 3.63) is 42.0 Å². The molecule has 0 atom stereocenters. The number of nitrogens with one attached hydrogen (secondary N) is 1. The lowest BCUT2D eigenvalue weighted by Crippen LogP contribution is -2.34. The Hall–Kier alpha value is -1.81. The summed E-state index contributed by atoms with van der Waals surface area (Å²) >= 11 is 0. The molecule has 1 aromatic rings. The molecule has 1 rings (SSSR count). The van der Waals surface area contributed by atoms with Crippen molar-refractivity contribution in [2.45, 2.75) is 19.8 Å². The standard InChI is InChI=1S/C14H19N3O.ClH/c1-2-3-11-16-13(17-14(15)18)10-9-12-7-5-4-6-8-12;/h4-10H,2-3,11H2,1H3,(H3,15,16,17,18);1H/b10-9+;. The van der Waals surface area contributed by atoms with Crippen LogP contribution in [0.25, 0.3) is 6.08 Å². The van der Waals surface area contributed by atoms with E-state index in [1.165, 1.54) is 0 Å². The van der Waals surface area contributed by atoms with E-state index in [1.54, 1.807) is 6.08 Å². The number of benzene rings is 1. The predicted octanol–water partition coefficient (Wildman–Crippen LogP) is 2.99. The summed E-state index contributed by atoms with van der Waals surface area (Å²) in [5, 5.41) is 2.51. The highest BCUT2D eigenvalue weighted by Gasteiger charge is 1.97. The zero-order valence-corrected chi connectivity index (χ0v) is 11.8. The molecule has 0 bridgehead atoms. The van der Waals surface area contributed by atoms with E-state index in [0.29, 0.717) is 12.4 Å². The molecule has 0 spiro atoms. The molecule has 4 nitrogen and oxygen atoms in total. The Kier molecular flexibility index (Phi) is 9.18. The summed E-state index contributed by atoms with van der Waals surface area (Å²) in [4.78, 5) is 15.1. The van der Waals surface area contributed by atoms with Crippen molar-refractivity contribution in [2.24, 2.45) is 10.7 Å². The fourth-order valence-electron chi connectivity index (χ4n) is 1.36. The maximum absolute atomic E-state index is 10.9. The first kappa shape index (κ1) is 17.2. The minimum absolute atomic E-state index is 0. The van der Waals surface area contributed by atoms with Gasteiger partial charge in [0.05, 0.1) is 0 Å². The molecule has 1 aromatic carbocycles. The molecule has 0 aliphatic rings. The summed E-state index contributed by atoms with van der Waals surface area (Å²) in [7, 11) is 0. The zero-order valence-electron chi connectivity index (χ0n) is 11.0. The number of carbonyl (C=O) groups excluding carboxylic acids is 1. The number of nitrogens with two attached hydrogens (primary N) is 1. The van der Waals surface area contributed by atoms with E-state index in [9.17, 15) is 4.79 Å². The minimum atomic E-state index is -0.594. The summed E-state index contributed by atoms with van der Waals surface area (Å²) in [5.41, 5.74) is 6.15. The van der Waals surface area contributed by atoms with Gasteiger partial charge >= 0.3 is 6.03 Å². The van der Waals surface area contributed by atoms with Crippen LogP contribution in [0.3, 0.4) is 0 Å². The smallest absolute Gasteiger partial charge is 0.317 e. The highest BCUT2D eigenvalue weighted by atomic mass is 35.5. The summed E-state index contributed by atoms with van der Waals surface area (Å²) in [5.74, 6) is 0.500. The molecule has 0 aliphatic carbocycles. The topological polar surface area (TPSA) is 67.5 Å². The molecule has 104 valence electrons. The van der Waals surface area contributed by atoms with Gasteiger partial charge < -0.3 is 5.73 Å². The number of nitrogens with zero attached hydrogens (tertiary/aromatic N) is 1. The van der Waals surface area contributed by atoms with Crippen molar-refractivity contribution in [1.29, 1.82) is 0 Å². The van der Waals surface area contributed by atoms with Crippen LogP contribution in [-0.4, -0.2) is 18.4 Å². The number of hydrogen-bond donors (Lipinski definition) is 2. The summed E-state index contributed by atoms with van der Waals surface area (Å²) in [6.45, 7) is 2.78. The Morgan fingerprint density at radius 1 is 1.37 bits per heavy atom. The molecular formula is C14H20ClN3O. The Morgan fingerprint density at radius 3 is 2.63 bits per heavy atom. The third kappa shape index (κ3) is 8.00. The molecule has 0 aromatic heterocycles. The van der Waals surface area contributed by atoms with Crippen LogP contribution in [0.15, 0.2) is 41.4 Å². The molecule has 0 aliphatic heterocycles. The number of halogens is 1. The van der Waals surface area contributed by atoms with Crippen LogP contribution in [0.4, 0.5) is 4.79 Å². The zero-order chi connectivity index (χ0) is 13.2. The van der Waals surface area contributed by atoms with E-state index in [0.717, 1.165) is 18.4 Å². The van der Waals surface area contributed by atoms with Crippen molar-refractivity contribution in [3.8, 4) is 0 Å². The normalized spacial score (nSPS) is 11.1. The van der Waals surface area contributed by atoms with Crippen LogP contribution in [-0.2, 0) is 0 Å². The number of hydrogen-bond acceptors (Lipinski definition) is 2. The monoisotopic (exact) mass is 281 g/mol. The van der Waals surface area contributed by atoms with Gasteiger partial charge in [-0.1, -0.05) is 49.8 Å². The molecule has 0 radical (unpaired) electrons. The second kappa shape index (κ2) is 10.1. The van der Waals surface area contributed by atoms with Gasteiger partial charge in [-0.25, -0.2) is 4.79 Å². The molecule has 3 N–H and O–H groups in total. The highest BCUT2D eigenvalue weighted by molar-refractivity contribution is 6.05. The quantitative estimate of drug-likeness (QED) is 0.486. The molecule has 5 heteroatoms. The van der Waals surface area contributed by atoms with E-state index in [-0.39, 0.29) is 12.4 Å². The van der Waals surface area contributed by atoms with Crippen LogP contribution >= 0.6 is 12.4 Å². The molecule has 0 heterocycles. The number of aliphatic imine (C=N–C) groups is 1. The summed E-state index contributed by atoms with van der Waals surface area (Å²) in [6, 6.07) is 9.22.